The van der Waals surface area contributed by atoms with Crippen molar-refractivity contribution in [2.75, 3.05) is 26.9 Å². The summed E-state index contributed by atoms with van der Waals surface area (Å²) in [5, 5.41) is 0.623. The number of ether oxygens (including phenoxy) is 3. The maximum atomic E-state index is 12.5. The van der Waals surface area contributed by atoms with Gasteiger partial charge in [0.1, 0.15) is 5.75 Å². The van der Waals surface area contributed by atoms with Crippen LogP contribution in [0.4, 0.5) is 0 Å². The summed E-state index contributed by atoms with van der Waals surface area (Å²) in [5.74, 6) is -0.344. The van der Waals surface area contributed by atoms with Gasteiger partial charge in [0.15, 0.2) is 13.2 Å². The van der Waals surface area contributed by atoms with Crippen molar-refractivity contribution in [1.29, 1.82) is 0 Å². The molecule has 1 heterocycles. The first-order valence-electron chi connectivity index (χ1n) is 8.99. The molecule has 0 saturated carbocycles. The Balaban J connectivity index is 1.92. The molecule has 1 atom stereocenters. The Kier molecular flexibility index (Phi) is 7.66. The third kappa shape index (κ3) is 5.36. The molecule has 28 heavy (non-hydrogen) atoms. The van der Waals surface area contributed by atoms with Gasteiger partial charge in [-0.1, -0.05) is 11.6 Å². The molecular formula is C21H26ClNO5. The molecule has 2 aromatic rings. The van der Waals surface area contributed by atoms with Crippen molar-refractivity contribution < 1.29 is 23.8 Å². The molecule has 152 valence electrons. The molecule has 0 radical (unpaired) electrons. The number of halogens is 1. The lowest BCUT2D eigenvalue weighted by Gasteiger charge is -2.17. The van der Waals surface area contributed by atoms with Crippen LogP contribution in [0.25, 0.3) is 0 Å². The maximum Gasteiger partial charge on any atom is 0.344 e. The van der Waals surface area contributed by atoms with Crippen molar-refractivity contribution in [1.82, 2.24) is 4.57 Å². The number of nitrogens with zero attached hydrogens (tertiary/aromatic N) is 1. The van der Waals surface area contributed by atoms with Crippen molar-refractivity contribution in [3.05, 3.63) is 51.8 Å². The van der Waals surface area contributed by atoms with Crippen molar-refractivity contribution in [2.45, 2.75) is 33.7 Å². The Morgan fingerprint density at radius 3 is 2.50 bits per heavy atom. The summed E-state index contributed by atoms with van der Waals surface area (Å²) in [6.07, 6.45) is 0. The summed E-state index contributed by atoms with van der Waals surface area (Å²) in [4.78, 5) is 24.4. The highest BCUT2D eigenvalue weighted by atomic mass is 35.5. The molecule has 6 nitrogen and oxygen atoms in total. The zero-order valence-electron chi connectivity index (χ0n) is 16.9. The Bertz CT molecular complexity index is 859. The second kappa shape index (κ2) is 9.75. The molecule has 0 saturated heterocycles. The summed E-state index contributed by atoms with van der Waals surface area (Å²) in [6, 6.07) is 7.01. The molecule has 0 bridgehead atoms. The average Bonchev–Trinajstić information content (AvgIpc) is 2.95. The van der Waals surface area contributed by atoms with E-state index in [-0.39, 0.29) is 25.0 Å². The molecule has 0 unspecified atom stereocenters. The third-order valence-electron chi connectivity index (χ3n) is 4.48. The van der Waals surface area contributed by atoms with Gasteiger partial charge in [0, 0.05) is 29.1 Å². The van der Waals surface area contributed by atoms with Gasteiger partial charge in [0.2, 0.25) is 5.78 Å². The molecule has 0 aliphatic heterocycles. The minimum atomic E-state index is -0.609. The number of aryl methyl sites for hydroxylation is 2. The highest BCUT2D eigenvalue weighted by Crippen LogP contribution is 2.22. The van der Waals surface area contributed by atoms with E-state index in [0.29, 0.717) is 22.9 Å². The number of Topliss-reactive ketones (excluding diaryl/α,β-unsaturated/α-hetero) is 1. The van der Waals surface area contributed by atoms with E-state index in [1.165, 1.54) is 0 Å². The fourth-order valence-electron chi connectivity index (χ4n) is 3.17. The number of aromatic nitrogens is 1. The zero-order chi connectivity index (χ0) is 20.8. The number of ketones is 1. The van der Waals surface area contributed by atoms with Crippen molar-refractivity contribution in [3.8, 4) is 5.75 Å². The summed E-state index contributed by atoms with van der Waals surface area (Å²) < 4.78 is 17.7. The van der Waals surface area contributed by atoms with Gasteiger partial charge in [-0.25, -0.2) is 4.79 Å². The topological polar surface area (TPSA) is 66.8 Å². The zero-order valence-corrected chi connectivity index (χ0v) is 17.6. The van der Waals surface area contributed by atoms with Gasteiger partial charge in [0.05, 0.1) is 12.6 Å². The van der Waals surface area contributed by atoms with E-state index in [4.69, 9.17) is 25.8 Å². The van der Waals surface area contributed by atoms with Crippen LogP contribution >= 0.6 is 11.6 Å². The Morgan fingerprint density at radius 1 is 1.14 bits per heavy atom. The SMILES string of the molecule is COC[C@H](C)n1c(C)cc(C(=O)COC(=O)COc2ccc(Cl)c(C)c2)c1C. The second-order valence-corrected chi connectivity index (χ2v) is 7.15. The van der Waals surface area contributed by atoms with E-state index < -0.39 is 5.97 Å². The predicted molar refractivity (Wildman–Crippen MR) is 107 cm³/mol. The van der Waals surface area contributed by atoms with Crippen LogP contribution in [0.2, 0.25) is 5.02 Å². The van der Waals surface area contributed by atoms with Gasteiger partial charge in [0.25, 0.3) is 0 Å². The lowest BCUT2D eigenvalue weighted by Crippen LogP contribution is -2.20. The number of benzene rings is 1. The molecule has 0 aliphatic carbocycles. The normalized spacial score (nSPS) is 11.9. The smallest absolute Gasteiger partial charge is 0.344 e. The summed E-state index contributed by atoms with van der Waals surface area (Å²) >= 11 is 5.96. The van der Waals surface area contributed by atoms with Gasteiger partial charge in [-0.05, 0) is 57.5 Å². The fourth-order valence-corrected chi connectivity index (χ4v) is 3.29. The summed E-state index contributed by atoms with van der Waals surface area (Å²) in [7, 11) is 1.64. The van der Waals surface area contributed by atoms with E-state index in [0.717, 1.165) is 17.0 Å². The first-order chi connectivity index (χ1) is 13.2. The Hall–Kier alpha value is -2.31. The number of carbonyl (C=O) groups excluding carboxylic acids is 2. The van der Waals surface area contributed by atoms with Gasteiger partial charge >= 0.3 is 5.97 Å². The number of methoxy groups -OCH3 is 1. The van der Waals surface area contributed by atoms with Gasteiger partial charge in [-0.2, -0.15) is 0 Å². The van der Waals surface area contributed by atoms with Crippen molar-refractivity contribution in [2.24, 2.45) is 0 Å². The average molecular weight is 408 g/mol. The molecule has 2 rings (SSSR count). The number of esters is 1. The van der Waals surface area contributed by atoms with Crippen molar-refractivity contribution >= 4 is 23.4 Å². The Morgan fingerprint density at radius 2 is 1.86 bits per heavy atom. The van der Waals surface area contributed by atoms with Crippen LogP contribution in [0.15, 0.2) is 24.3 Å². The molecule has 0 fully saturated rings. The summed E-state index contributed by atoms with van der Waals surface area (Å²) in [5.41, 5.74) is 3.18. The van der Waals surface area contributed by atoms with Gasteiger partial charge in [-0.15, -0.1) is 0 Å². The number of rotatable bonds is 9. The quantitative estimate of drug-likeness (QED) is 0.463. The molecule has 7 heteroatoms. The summed E-state index contributed by atoms with van der Waals surface area (Å²) in [6.45, 7) is 7.61. The molecule has 1 aromatic carbocycles. The Labute approximate surface area is 170 Å². The monoisotopic (exact) mass is 407 g/mol. The molecular weight excluding hydrogens is 382 g/mol. The van der Waals surface area contributed by atoms with Gasteiger partial charge < -0.3 is 18.8 Å². The molecule has 1 aromatic heterocycles. The number of hydrogen-bond donors (Lipinski definition) is 0. The van der Waals surface area contributed by atoms with Crippen LogP contribution in [-0.2, 0) is 14.3 Å². The number of carbonyl (C=O) groups is 2. The van der Waals surface area contributed by atoms with E-state index in [1.807, 2.05) is 38.3 Å². The largest absolute Gasteiger partial charge is 0.482 e. The molecule has 0 amide bonds. The fraction of sp³-hybridized carbons (Fsp3) is 0.429. The second-order valence-electron chi connectivity index (χ2n) is 6.74. The molecule has 0 spiro atoms. The van der Waals surface area contributed by atoms with E-state index in [1.54, 1.807) is 25.3 Å². The van der Waals surface area contributed by atoms with Crippen LogP contribution in [0.3, 0.4) is 0 Å². The molecule has 0 aliphatic rings. The van der Waals surface area contributed by atoms with Crippen LogP contribution in [-0.4, -0.2) is 43.3 Å². The van der Waals surface area contributed by atoms with Gasteiger partial charge in [-0.3, -0.25) is 4.79 Å². The first-order valence-corrected chi connectivity index (χ1v) is 9.37. The highest BCUT2D eigenvalue weighted by molar-refractivity contribution is 6.31. The van der Waals surface area contributed by atoms with Crippen LogP contribution < -0.4 is 4.74 Å². The third-order valence-corrected chi connectivity index (χ3v) is 4.91. The van der Waals surface area contributed by atoms with E-state index >= 15 is 0 Å². The maximum absolute atomic E-state index is 12.5. The minimum Gasteiger partial charge on any atom is -0.482 e. The lowest BCUT2D eigenvalue weighted by molar-refractivity contribution is -0.144. The minimum absolute atomic E-state index is 0.102. The van der Waals surface area contributed by atoms with Crippen LogP contribution in [0.1, 0.15) is 40.3 Å². The van der Waals surface area contributed by atoms with E-state index in [2.05, 4.69) is 0 Å². The highest BCUT2D eigenvalue weighted by Gasteiger charge is 2.20. The van der Waals surface area contributed by atoms with Crippen LogP contribution in [0, 0.1) is 20.8 Å². The predicted octanol–water partition coefficient (Wildman–Crippen LogP) is 4.08. The standard InChI is InChI=1S/C21H26ClNO5/c1-13-8-17(6-7-19(13)22)27-12-21(25)28-11-20(24)18-9-14(2)23(16(18)4)15(3)10-26-5/h6-9,15H,10-12H2,1-5H3/t15-/m0/s1. The first kappa shape index (κ1) is 22.0. The van der Waals surface area contributed by atoms with Crippen molar-refractivity contribution in [3.63, 3.8) is 0 Å². The molecule has 0 N–H and O–H groups in total. The van der Waals surface area contributed by atoms with Crippen LogP contribution in [0.5, 0.6) is 5.75 Å². The number of hydrogen-bond acceptors (Lipinski definition) is 5. The van der Waals surface area contributed by atoms with E-state index in [9.17, 15) is 9.59 Å². The lowest BCUT2D eigenvalue weighted by atomic mass is 10.1.